The Morgan fingerprint density at radius 3 is 2.54 bits per heavy atom. The van der Waals surface area contributed by atoms with Crippen LogP contribution in [0.25, 0.3) is 5.69 Å². The Kier molecular flexibility index (Phi) is 4.68. The van der Waals surface area contributed by atoms with Crippen LogP contribution < -0.4 is 0 Å². The van der Waals surface area contributed by atoms with Gasteiger partial charge in [-0.25, -0.2) is 18.1 Å². The van der Waals surface area contributed by atoms with Crippen LogP contribution in [0.15, 0.2) is 29.4 Å². The van der Waals surface area contributed by atoms with E-state index in [1.54, 1.807) is 6.07 Å². The van der Waals surface area contributed by atoms with Crippen molar-refractivity contribution in [3.8, 4) is 11.8 Å². The van der Waals surface area contributed by atoms with Crippen LogP contribution in [-0.4, -0.2) is 70.5 Å². The first kappa shape index (κ1) is 17.9. The summed E-state index contributed by atoms with van der Waals surface area (Å²) in [5.74, 6) is -0.145. The zero-order valence-corrected chi connectivity index (χ0v) is 14.6. The van der Waals surface area contributed by atoms with Crippen LogP contribution in [0.2, 0.25) is 0 Å². The number of rotatable bonds is 4. The van der Waals surface area contributed by atoms with Gasteiger partial charge in [-0.15, -0.1) is 5.10 Å². The number of benzene rings is 1. The summed E-state index contributed by atoms with van der Waals surface area (Å²) < 4.78 is 27.9. The molecular weight excluding hydrogens is 362 g/mol. The van der Waals surface area contributed by atoms with E-state index in [4.69, 9.17) is 5.26 Å². The van der Waals surface area contributed by atoms with Crippen molar-refractivity contribution in [2.24, 2.45) is 0 Å². The first-order chi connectivity index (χ1) is 12.3. The zero-order chi connectivity index (χ0) is 18.9. The normalized spacial score (nSPS) is 16.3. The number of hydrogen-bond donors (Lipinski definition) is 0. The minimum atomic E-state index is -3.84. The fourth-order valence-corrected chi connectivity index (χ4v) is 4.05. The molecule has 1 saturated heterocycles. The van der Waals surface area contributed by atoms with E-state index in [0.717, 1.165) is 17.1 Å². The van der Waals surface area contributed by atoms with E-state index in [2.05, 4.69) is 10.1 Å². The van der Waals surface area contributed by atoms with Crippen LogP contribution >= 0.6 is 0 Å². The Morgan fingerprint density at radius 1 is 1.27 bits per heavy atom. The van der Waals surface area contributed by atoms with Crippen LogP contribution in [-0.2, 0) is 10.0 Å². The molecule has 1 aliphatic rings. The molecule has 1 fully saturated rings. The van der Waals surface area contributed by atoms with Crippen molar-refractivity contribution in [3.05, 3.63) is 40.5 Å². The van der Waals surface area contributed by atoms with Crippen LogP contribution in [0.4, 0.5) is 5.69 Å². The number of sulfonamides is 1. The summed E-state index contributed by atoms with van der Waals surface area (Å²) in [6.07, 6.45) is 1.16. The average molecular weight is 377 g/mol. The third-order valence-electron chi connectivity index (χ3n) is 4.08. The highest BCUT2D eigenvalue weighted by molar-refractivity contribution is 7.89. The predicted molar refractivity (Wildman–Crippen MR) is 89.0 cm³/mol. The molecular formula is C14H15N7O4S. The number of hydrogen-bond acceptors (Lipinski definition) is 8. The highest BCUT2D eigenvalue weighted by atomic mass is 32.2. The molecule has 0 aliphatic carbocycles. The van der Waals surface area contributed by atoms with Gasteiger partial charge in [0.2, 0.25) is 10.0 Å². The lowest BCUT2D eigenvalue weighted by molar-refractivity contribution is -0.384. The molecule has 2 heterocycles. The Bertz CT molecular complexity index is 987. The molecule has 3 rings (SSSR count). The second-order valence-electron chi connectivity index (χ2n) is 5.74. The molecule has 11 nitrogen and oxygen atoms in total. The molecule has 1 aliphatic heterocycles. The smallest absolute Gasteiger partial charge is 0.296 e. The molecule has 0 saturated carbocycles. The van der Waals surface area contributed by atoms with Gasteiger partial charge in [0.1, 0.15) is 18.1 Å². The molecule has 26 heavy (non-hydrogen) atoms. The van der Waals surface area contributed by atoms with Gasteiger partial charge in [-0.2, -0.15) is 9.57 Å². The van der Waals surface area contributed by atoms with Crippen molar-refractivity contribution in [1.29, 1.82) is 5.26 Å². The maximum Gasteiger partial charge on any atom is 0.296 e. The molecule has 136 valence electrons. The SMILES string of the molecule is CN1CCN(S(=O)(=O)c2ccc(-n3cnc(C#N)n3)c([N+](=O)[O-])c2)CC1. The van der Waals surface area contributed by atoms with E-state index in [9.17, 15) is 18.5 Å². The maximum absolute atomic E-state index is 12.8. The molecule has 1 aromatic heterocycles. The van der Waals surface area contributed by atoms with E-state index in [1.807, 2.05) is 11.9 Å². The van der Waals surface area contributed by atoms with Gasteiger partial charge >= 0.3 is 0 Å². The largest absolute Gasteiger partial charge is 0.304 e. The standard InChI is InChI=1S/C14H15N7O4S/c1-18-4-6-19(7-5-18)26(24,25)11-2-3-12(13(8-11)21(22)23)20-10-16-14(9-15)17-20/h2-3,8,10H,4-7H2,1H3. The molecule has 0 bridgehead atoms. The van der Waals surface area contributed by atoms with Gasteiger partial charge in [0.05, 0.1) is 9.82 Å². The Labute approximate surface area is 149 Å². The number of likely N-dealkylation sites (N-methyl/N-ethyl adjacent to an activating group) is 1. The van der Waals surface area contributed by atoms with E-state index < -0.39 is 20.6 Å². The highest BCUT2D eigenvalue weighted by Crippen LogP contribution is 2.27. The molecule has 0 atom stereocenters. The summed E-state index contributed by atoms with van der Waals surface area (Å²) >= 11 is 0. The maximum atomic E-state index is 12.8. The second-order valence-corrected chi connectivity index (χ2v) is 7.68. The Hall–Kier alpha value is -2.88. The highest BCUT2D eigenvalue weighted by Gasteiger charge is 2.30. The van der Waals surface area contributed by atoms with Crippen LogP contribution in [0.5, 0.6) is 0 Å². The van der Waals surface area contributed by atoms with Crippen LogP contribution in [0.3, 0.4) is 0 Å². The van der Waals surface area contributed by atoms with Crippen molar-refractivity contribution in [2.45, 2.75) is 4.90 Å². The van der Waals surface area contributed by atoms with E-state index >= 15 is 0 Å². The van der Waals surface area contributed by atoms with E-state index in [-0.39, 0.29) is 16.4 Å². The van der Waals surface area contributed by atoms with Gasteiger partial charge in [0.25, 0.3) is 11.5 Å². The minimum Gasteiger partial charge on any atom is -0.304 e. The molecule has 0 unspecified atom stereocenters. The summed E-state index contributed by atoms with van der Waals surface area (Å²) in [5.41, 5.74) is -0.407. The first-order valence-electron chi connectivity index (χ1n) is 7.62. The van der Waals surface area contributed by atoms with Gasteiger partial charge in [-0.05, 0) is 19.2 Å². The van der Waals surface area contributed by atoms with Crippen molar-refractivity contribution >= 4 is 15.7 Å². The third-order valence-corrected chi connectivity index (χ3v) is 5.98. The fraction of sp³-hybridized carbons (Fsp3) is 0.357. The van der Waals surface area contributed by atoms with Gasteiger partial charge < -0.3 is 4.90 Å². The number of nitriles is 1. The average Bonchev–Trinajstić information content (AvgIpc) is 3.10. The summed E-state index contributed by atoms with van der Waals surface area (Å²) in [5, 5.41) is 24.0. The number of piperazine rings is 1. The quantitative estimate of drug-likeness (QED) is 0.535. The third kappa shape index (κ3) is 3.27. The van der Waals surface area contributed by atoms with Gasteiger partial charge in [0, 0.05) is 32.2 Å². The topological polar surface area (TPSA) is 138 Å². The number of nitro groups is 1. The lowest BCUT2D eigenvalue weighted by atomic mass is 10.3. The molecule has 0 spiro atoms. The van der Waals surface area contributed by atoms with Crippen LogP contribution in [0, 0.1) is 21.4 Å². The van der Waals surface area contributed by atoms with E-state index in [1.165, 1.54) is 16.4 Å². The summed E-state index contributed by atoms with van der Waals surface area (Å²) in [6.45, 7) is 1.83. The zero-order valence-electron chi connectivity index (χ0n) is 13.8. The monoisotopic (exact) mass is 377 g/mol. The van der Waals surface area contributed by atoms with Gasteiger partial charge in [-0.1, -0.05) is 0 Å². The van der Waals surface area contributed by atoms with Gasteiger partial charge in [0.15, 0.2) is 0 Å². The fourth-order valence-electron chi connectivity index (χ4n) is 2.61. The molecule has 0 radical (unpaired) electrons. The summed E-state index contributed by atoms with van der Waals surface area (Å²) in [6, 6.07) is 5.32. The minimum absolute atomic E-state index is 0.0290. The lowest BCUT2D eigenvalue weighted by Gasteiger charge is -2.31. The van der Waals surface area contributed by atoms with Crippen molar-refractivity contribution in [2.75, 3.05) is 33.2 Å². The van der Waals surface area contributed by atoms with Crippen molar-refractivity contribution in [3.63, 3.8) is 0 Å². The summed E-state index contributed by atoms with van der Waals surface area (Å²) in [7, 11) is -1.94. The molecule has 12 heteroatoms. The van der Waals surface area contributed by atoms with Crippen molar-refractivity contribution < 1.29 is 13.3 Å². The van der Waals surface area contributed by atoms with Gasteiger partial charge in [-0.3, -0.25) is 10.1 Å². The lowest BCUT2D eigenvalue weighted by Crippen LogP contribution is -2.47. The Balaban J connectivity index is 2.01. The van der Waals surface area contributed by atoms with Crippen molar-refractivity contribution in [1.82, 2.24) is 24.0 Å². The van der Waals surface area contributed by atoms with Crippen LogP contribution in [0.1, 0.15) is 5.82 Å². The molecule has 1 aromatic carbocycles. The summed E-state index contributed by atoms with van der Waals surface area (Å²) in [4.78, 5) is 16.3. The Morgan fingerprint density at radius 2 is 1.96 bits per heavy atom. The van der Waals surface area contributed by atoms with E-state index in [0.29, 0.717) is 26.2 Å². The number of nitro benzene ring substituents is 1. The number of aromatic nitrogens is 3. The number of nitrogens with zero attached hydrogens (tertiary/aromatic N) is 7. The first-order valence-corrected chi connectivity index (χ1v) is 9.06. The molecule has 0 N–H and O–H groups in total. The predicted octanol–water partition coefficient (Wildman–Crippen LogP) is -0.0167. The second kappa shape index (κ2) is 6.79. The molecule has 2 aromatic rings. The molecule has 0 amide bonds.